The number of ether oxygens (including phenoxy) is 1. The number of thiazole rings is 2. The number of rotatable bonds is 10. The number of hydrogen-bond acceptors (Lipinski definition) is 9. The Morgan fingerprint density at radius 1 is 1.18 bits per heavy atom. The molecule has 1 aliphatic heterocycles. The van der Waals surface area contributed by atoms with E-state index < -0.39 is 29.4 Å². The van der Waals surface area contributed by atoms with Crippen molar-refractivity contribution in [1.82, 2.24) is 24.8 Å². The number of halogens is 1. The number of carboxylic acids is 1. The Hall–Kier alpha value is -2.97. The SMILES string of the molecule is CCCC(I)c1ccc(C(=O)N2[C@@H](c3nccs3)[C@@H](c3cnccn3)C[C@@]2(Cc2nccs2)C(=O)O)cc1OC. The van der Waals surface area contributed by atoms with Crippen molar-refractivity contribution in [1.29, 1.82) is 0 Å². The van der Waals surface area contributed by atoms with E-state index in [0.717, 1.165) is 18.4 Å². The second-order valence-corrected chi connectivity index (χ2v) is 13.0. The topological polar surface area (TPSA) is 118 Å². The zero-order chi connectivity index (χ0) is 28.3. The van der Waals surface area contributed by atoms with Gasteiger partial charge in [0.1, 0.15) is 16.3 Å². The Morgan fingerprint density at radius 3 is 2.60 bits per heavy atom. The fourth-order valence-corrected chi connectivity index (χ4v) is 8.09. The van der Waals surface area contributed by atoms with Gasteiger partial charge in [0, 0.05) is 69.1 Å². The zero-order valence-corrected chi connectivity index (χ0v) is 25.7. The maximum Gasteiger partial charge on any atom is 0.330 e. The Kier molecular flexibility index (Phi) is 8.76. The molecule has 9 nitrogen and oxygen atoms in total. The Balaban J connectivity index is 1.68. The number of benzene rings is 1. The van der Waals surface area contributed by atoms with Crippen LogP contribution >= 0.6 is 45.3 Å². The predicted octanol–water partition coefficient (Wildman–Crippen LogP) is 6.11. The van der Waals surface area contributed by atoms with Gasteiger partial charge in [-0.3, -0.25) is 14.8 Å². The van der Waals surface area contributed by atoms with Gasteiger partial charge in [0.05, 0.1) is 23.9 Å². The van der Waals surface area contributed by atoms with Gasteiger partial charge < -0.3 is 14.7 Å². The first-order valence-corrected chi connectivity index (χ1v) is 15.8. The average Bonchev–Trinajstić information content (AvgIpc) is 3.74. The third kappa shape index (κ3) is 5.36. The van der Waals surface area contributed by atoms with Crippen LogP contribution in [-0.4, -0.2) is 54.5 Å². The Bertz CT molecular complexity index is 1450. The molecule has 0 saturated carbocycles. The average molecular weight is 690 g/mol. The van der Waals surface area contributed by atoms with Crippen molar-refractivity contribution in [3.8, 4) is 5.75 Å². The van der Waals surface area contributed by atoms with E-state index in [2.05, 4.69) is 49.5 Å². The monoisotopic (exact) mass is 689 g/mol. The van der Waals surface area contributed by atoms with E-state index in [-0.39, 0.29) is 16.8 Å². The molecule has 0 spiro atoms. The molecule has 1 aliphatic rings. The number of likely N-dealkylation sites (tertiary alicyclic amines) is 1. The van der Waals surface area contributed by atoms with E-state index >= 15 is 0 Å². The van der Waals surface area contributed by atoms with Crippen LogP contribution in [0.3, 0.4) is 0 Å². The predicted molar refractivity (Wildman–Crippen MR) is 161 cm³/mol. The van der Waals surface area contributed by atoms with Gasteiger partial charge in [0.15, 0.2) is 0 Å². The van der Waals surface area contributed by atoms with Crippen LogP contribution in [0.15, 0.2) is 59.9 Å². The fraction of sp³-hybridized carbons (Fsp3) is 0.357. The van der Waals surface area contributed by atoms with Crippen molar-refractivity contribution in [3.63, 3.8) is 0 Å². The largest absolute Gasteiger partial charge is 0.496 e. The number of aromatic nitrogens is 4. The highest BCUT2D eigenvalue weighted by Gasteiger charge is 2.60. The molecule has 4 aromatic rings. The van der Waals surface area contributed by atoms with Gasteiger partial charge in [-0.15, -0.1) is 22.7 Å². The number of alkyl halides is 1. The lowest BCUT2D eigenvalue weighted by Gasteiger charge is -2.37. The Morgan fingerprint density at radius 2 is 1.98 bits per heavy atom. The lowest BCUT2D eigenvalue weighted by molar-refractivity contribution is -0.149. The Labute approximate surface area is 253 Å². The van der Waals surface area contributed by atoms with Crippen molar-refractivity contribution >= 4 is 57.1 Å². The van der Waals surface area contributed by atoms with Crippen LogP contribution in [0.4, 0.5) is 0 Å². The van der Waals surface area contributed by atoms with Crippen LogP contribution in [0.1, 0.15) is 73.7 Å². The van der Waals surface area contributed by atoms with Crippen LogP contribution in [-0.2, 0) is 11.2 Å². The first kappa shape index (κ1) is 28.6. The molecule has 12 heteroatoms. The summed E-state index contributed by atoms with van der Waals surface area (Å²) in [5.74, 6) is -1.34. The van der Waals surface area contributed by atoms with Crippen LogP contribution in [0.5, 0.6) is 5.75 Å². The third-order valence-corrected chi connectivity index (χ3v) is 10.2. The number of carboxylic acid groups (broad SMARTS) is 1. The molecule has 0 aliphatic carbocycles. The lowest BCUT2D eigenvalue weighted by atomic mass is 9.86. The molecule has 208 valence electrons. The summed E-state index contributed by atoms with van der Waals surface area (Å²) in [6.07, 6.45) is 10.3. The van der Waals surface area contributed by atoms with Gasteiger partial charge in [0.2, 0.25) is 0 Å². The molecule has 4 heterocycles. The fourth-order valence-electron chi connectivity index (χ4n) is 5.44. The van der Waals surface area contributed by atoms with E-state index in [1.54, 1.807) is 50.2 Å². The highest BCUT2D eigenvalue weighted by atomic mass is 127. The van der Waals surface area contributed by atoms with E-state index in [4.69, 9.17) is 4.74 Å². The number of carbonyl (C=O) groups is 2. The molecular formula is C28H28IN5O4S2. The summed E-state index contributed by atoms with van der Waals surface area (Å²) in [5.41, 5.74) is 0.381. The summed E-state index contributed by atoms with van der Waals surface area (Å²) in [6.45, 7) is 2.13. The van der Waals surface area contributed by atoms with E-state index in [9.17, 15) is 14.7 Å². The highest BCUT2D eigenvalue weighted by molar-refractivity contribution is 14.1. The van der Waals surface area contributed by atoms with Gasteiger partial charge in [-0.05, 0) is 25.0 Å². The number of hydrogen-bond donors (Lipinski definition) is 1. The normalized spacial score (nSPS) is 21.3. The van der Waals surface area contributed by atoms with Gasteiger partial charge in [-0.25, -0.2) is 14.8 Å². The molecule has 3 aromatic heterocycles. The molecule has 0 radical (unpaired) electrons. The molecule has 1 N–H and O–H groups in total. The number of nitrogens with zero attached hydrogens (tertiary/aromatic N) is 5. The van der Waals surface area contributed by atoms with Crippen LogP contribution in [0, 0.1) is 0 Å². The number of aliphatic carboxylic acids is 1. The molecular weight excluding hydrogens is 661 g/mol. The number of amides is 1. The first-order chi connectivity index (χ1) is 19.4. The van der Waals surface area contributed by atoms with E-state index in [1.807, 2.05) is 16.8 Å². The third-order valence-electron chi connectivity index (χ3n) is 7.25. The minimum absolute atomic E-state index is 0.0614. The van der Waals surface area contributed by atoms with E-state index in [0.29, 0.717) is 27.0 Å². The minimum Gasteiger partial charge on any atom is -0.496 e. The number of carbonyl (C=O) groups excluding carboxylic acids is 1. The van der Waals surface area contributed by atoms with Crippen molar-refractivity contribution < 1.29 is 19.4 Å². The summed E-state index contributed by atoms with van der Waals surface area (Å²) >= 11 is 5.15. The van der Waals surface area contributed by atoms with Crippen LogP contribution < -0.4 is 4.74 Å². The van der Waals surface area contributed by atoms with Gasteiger partial charge in [-0.1, -0.05) is 42.0 Å². The maximum absolute atomic E-state index is 14.6. The minimum atomic E-state index is -1.59. The number of methoxy groups -OCH3 is 1. The summed E-state index contributed by atoms with van der Waals surface area (Å²) in [7, 11) is 1.59. The highest BCUT2D eigenvalue weighted by Crippen LogP contribution is 2.53. The van der Waals surface area contributed by atoms with Gasteiger partial charge >= 0.3 is 5.97 Å². The standard InChI is InChI=1S/C28H28IN5O4S2/c1-3-4-20(29)18-6-5-17(13-22(18)38-2)26(35)34-24(25-33-10-12-40-25)19(21-16-30-7-8-31-21)14-28(34,27(36)37)15-23-32-9-11-39-23/h5-13,16,19-20,24H,3-4,14-15H2,1-2H3,(H,36,37)/t19-,20?,24-,28-/m1/s1. The first-order valence-electron chi connectivity index (χ1n) is 12.8. The van der Waals surface area contributed by atoms with Crippen molar-refractivity contribution in [2.75, 3.05) is 7.11 Å². The van der Waals surface area contributed by atoms with Crippen LogP contribution in [0.2, 0.25) is 0 Å². The van der Waals surface area contributed by atoms with E-state index in [1.165, 1.54) is 27.6 Å². The summed E-state index contributed by atoms with van der Waals surface area (Å²) in [5, 5.41) is 15.8. The molecule has 4 atom stereocenters. The van der Waals surface area contributed by atoms with Crippen molar-refractivity contribution in [2.24, 2.45) is 0 Å². The van der Waals surface area contributed by atoms with Gasteiger partial charge in [0.25, 0.3) is 5.91 Å². The van der Waals surface area contributed by atoms with Crippen molar-refractivity contribution in [2.45, 2.75) is 54.0 Å². The summed E-state index contributed by atoms with van der Waals surface area (Å²) in [4.78, 5) is 47.2. The molecule has 1 saturated heterocycles. The van der Waals surface area contributed by atoms with Crippen LogP contribution in [0.25, 0.3) is 0 Å². The zero-order valence-electron chi connectivity index (χ0n) is 21.9. The molecule has 40 heavy (non-hydrogen) atoms. The summed E-state index contributed by atoms with van der Waals surface area (Å²) < 4.78 is 5.93. The molecule has 1 fully saturated rings. The molecule has 1 unspecified atom stereocenters. The second kappa shape index (κ2) is 12.3. The molecule has 5 rings (SSSR count). The molecule has 0 bridgehead atoms. The smallest absolute Gasteiger partial charge is 0.330 e. The van der Waals surface area contributed by atoms with Gasteiger partial charge in [-0.2, -0.15) is 0 Å². The molecule has 1 amide bonds. The second-order valence-electron chi connectivity index (χ2n) is 9.58. The quantitative estimate of drug-likeness (QED) is 0.157. The molecule has 1 aromatic carbocycles. The van der Waals surface area contributed by atoms with Crippen molar-refractivity contribution in [3.05, 3.63) is 86.8 Å². The lowest BCUT2D eigenvalue weighted by Crippen LogP contribution is -2.55. The maximum atomic E-state index is 14.6. The summed E-state index contributed by atoms with van der Waals surface area (Å²) in [6, 6.07) is 4.75.